The molecule has 2 amide bonds. The van der Waals surface area contributed by atoms with Crippen molar-refractivity contribution in [1.29, 1.82) is 0 Å². The molecule has 0 bridgehead atoms. The quantitative estimate of drug-likeness (QED) is 0.919. The van der Waals surface area contributed by atoms with E-state index < -0.39 is 0 Å². The van der Waals surface area contributed by atoms with Gasteiger partial charge in [-0.2, -0.15) is 0 Å². The van der Waals surface area contributed by atoms with Crippen LogP contribution < -0.4 is 5.32 Å². The molecule has 1 fully saturated rings. The van der Waals surface area contributed by atoms with Gasteiger partial charge in [-0.25, -0.2) is 4.39 Å². The third-order valence-electron chi connectivity index (χ3n) is 3.87. The molecule has 1 aromatic rings. The number of nitrogens with one attached hydrogen (secondary N) is 1. The van der Waals surface area contributed by atoms with E-state index in [-0.39, 0.29) is 36.0 Å². The summed E-state index contributed by atoms with van der Waals surface area (Å²) in [4.78, 5) is 25.4. The van der Waals surface area contributed by atoms with Gasteiger partial charge in [-0.15, -0.1) is 0 Å². The van der Waals surface area contributed by atoms with Crippen LogP contribution in [0.4, 0.5) is 4.39 Å². The second-order valence-corrected chi connectivity index (χ2v) is 5.75. The van der Waals surface area contributed by atoms with E-state index in [0.717, 1.165) is 5.56 Å². The van der Waals surface area contributed by atoms with Gasteiger partial charge in [0, 0.05) is 32.0 Å². The van der Waals surface area contributed by atoms with Crippen LogP contribution >= 0.6 is 0 Å². The molecule has 1 aliphatic heterocycles. The lowest BCUT2D eigenvalue weighted by atomic mass is 9.95. The summed E-state index contributed by atoms with van der Waals surface area (Å²) in [6, 6.07) is 6.23. The minimum absolute atomic E-state index is 0.0209. The summed E-state index contributed by atoms with van der Waals surface area (Å²) in [5, 5.41) is 2.94. The number of halogens is 1. The zero-order chi connectivity index (χ0) is 15.4. The Labute approximate surface area is 124 Å². The van der Waals surface area contributed by atoms with E-state index in [4.69, 9.17) is 0 Å². The highest BCUT2D eigenvalue weighted by molar-refractivity contribution is 5.86. The SMILES string of the molecule is C[C@@H](Cc1ccc(F)cc1)NC(=O)[C@@H]1CCN(C)C(=O)C1. The Kier molecular flexibility index (Phi) is 4.94. The molecular weight excluding hydrogens is 271 g/mol. The van der Waals surface area contributed by atoms with Crippen LogP contribution in [0.2, 0.25) is 0 Å². The van der Waals surface area contributed by atoms with E-state index in [1.54, 1.807) is 24.1 Å². The van der Waals surface area contributed by atoms with Gasteiger partial charge in [-0.3, -0.25) is 9.59 Å². The van der Waals surface area contributed by atoms with E-state index >= 15 is 0 Å². The highest BCUT2D eigenvalue weighted by Crippen LogP contribution is 2.17. The second-order valence-electron chi connectivity index (χ2n) is 5.75. The summed E-state index contributed by atoms with van der Waals surface area (Å²) in [7, 11) is 1.76. The van der Waals surface area contributed by atoms with E-state index in [1.807, 2.05) is 6.92 Å². The molecule has 0 aromatic heterocycles. The molecule has 1 aliphatic rings. The van der Waals surface area contributed by atoms with E-state index in [1.165, 1.54) is 12.1 Å². The highest BCUT2D eigenvalue weighted by Gasteiger charge is 2.29. The van der Waals surface area contributed by atoms with E-state index in [2.05, 4.69) is 5.32 Å². The maximum atomic E-state index is 12.8. The fourth-order valence-electron chi connectivity index (χ4n) is 2.55. The van der Waals surface area contributed by atoms with Crippen molar-refractivity contribution < 1.29 is 14.0 Å². The Morgan fingerprint density at radius 1 is 1.43 bits per heavy atom. The molecule has 2 atom stereocenters. The first-order valence-electron chi connectivity index (χ1n) is 7.24. The lowest BCUT2D eigenvalue weighted by Gasteiger charge is -2.28. The molecule has 5 heteroatoms. The molecule has 1 heterocycles. The topological polar surface area (TPSA) is 49.4 Å². The van der Waals surface area contributed by atoms with Gasteiger partial charge in [0.15, 0.2) is 0 Å². The fraction of sp³-hybridized carbons (Fsp3) is 0.500. The number of likely N-dealkylation sites (tertiary alicyclic amines) is 1. The highest BCUT2D eigenvalue weighted by atomic mass is 19.1. The number of rotatable bonds is 4. The third kappa shape index (κ3) is 4.28. The molecule has 2 rings (SSSR count). The van der Waals surface area contributed by atoms with Crippen molar-refractivity contribution in [3.63, 3.8) is 0 Å². The van der Waals surface area contributed by atoms with Gasteiger partial charge >= 0.3 is 0 Å². The monoisotopic (exact) mass is 292 g/mol. The number of carbonyl (C=O) groups excluding carboxylic acids is 2. The molecule has 1 N–H and O–H groups in total. The molecule has 0 spiro atoms. The van der Waals surface area contributed by atoms with Crippen LogP contribution in [0.15, 0.2) is 24.3 Å². The molecule has 0 aliphatic carbocycles. The van der Waals surface area contributed by atoms with Crippen molar-refractivity contribution in [2.45, 2.75) is 32.2 Å². The number of nitrogens with zero attached hydrogens (tertiary/aromatic N) is 1. The van der Waals surface area contributed by atoms with Gasteiger partial charge in [-0.05, 0) is 37.5 Å². The first-order valence-corrected chi connectivity index (χ1v) is 7.24. The Morgan fingerprint density at radius 3 is 2.71 bits per heavy atom. The van der Waals surface area contributed by atoms with Gasteiger partial charge in [0.05, 0.1) is 0 Å². The summed E-state index contributed by atoms with van der Waals surface area (Å²) in [6.07, 6.45) is 1.63. The van der Waals surface area contributed by atoms with Gasteiger partial charge in [0.2, 0.25) is 11.8 Å². The molecular formula is C16H21FN2O2. The summed E-state index contributed by atoms with van der Waals surface area (Å²) >= 11 is 0. The summed E-state index contributed by atoms with van der Waals surface area (Å²) in [5.41, 5.74) is 0.976. The summed E-state index contributed by atoms with van der Waals surface area (Å²) in [5.74, 6) is -0.539. The summed E-state index contributed by atoms with van der Waals surface area (Å²) < 4.78 is 12.8. The number of hydrogen-bond acceptors (Lipinski definition) is 2. The smallest absolute Gasteiger partial charge is 0.223 e. The molecule has 0 radical (unpaired) electrons. The van der Waals surface area contributed by atoms with Crippen LogP contribution in [-0.4, -0.2) is 36.3 Å². The Hall–Kier alpha value is -1.91. The van der Waals surface area contributed by atoms with Crippen molar-refractivity contribution in [3.8, 4) is 0 Å². The van der Waals surface area contributed by atoms with E-state index in [9.17, 15) is 14.0 Å². The maximum absolute atomic E-state index is 12.8. The molecule has 0 unspecified atom stereocenters. The zero-order valence-electron chi connectivity index (χ0n) is 12.4. The average molecular weight is 292 g/mol. The first-order chi connectivity index (χ1) is 9.95. The number of piperidine rings is 1. The van der Waals surface area contributed by atoms with Crippen LogP contribution in [0.5, 0.6) is 0 Å². The van der Waals surface area contributed by atoms with Crippen molar-refractivity contribution in [1.82, 2.24) is 10.2 Å². The molecule has 1 saturated heterocycles. The normalized spacial score (nSPS) is 20.2. The lowest BCUT2D eigenvalue weighted by molar-refractivity contribution is -0.139. The minimum Gasteiger partial charge on any atom is -0.353 e. The van der Waals surface area contributed by atoms with Gasteiger partial charge in [0.25, 0.3) is 0 Å². The van der Waals surface area contributed by atoms with E-state index in [0.29, 0.717) is 19.4 Å². The van der Waals surface area contributed by atoms with Crippen LogP contribution in [-0.2, 0) is 16.0 Å². The zero-order valence-corrected chi connectivity index (χ0v) is 12.4. The van der Waals surface area contributed by atoms with Crippen molar-refractivity contribution >= 4 is 11.8 Å². The van der Waals surface area contributed by atoms with Crippen molar-refractivity contribution in [2.75, 3.05) is 13.6 Å². The number of hydrogen-bond donors (Lipinski definition) is 1. The van der Waals surface area contributed by atoms with Crippen molar-refractivity contribution in [3.05, 3.63) is 35.6 Å². The second kappa shape index (κ2) is 6.70. The predicted molar refractivity (Wildman–Crippen MR) is 78.1 cm³/mol. The average Bonchev–Trinajstić information content (AvgIpc) is 2.44. The maximum Gasteiger partial charge on any atom is 0.223 e. The molecule has 0 saturated carbocycles. The van der Waals surface area contributed by atoms with Crippen LogP contribution in [0.1, 0.15) is 25.3 Å². The Balaban J connectivity index is 1.84. The largest absolute Gasteiger partial charge is 0.353 e. The third-order valence-corrected chi connectivity index (χ3v) is 3.87. The van der Waals surface area contributed by atoms with Crippen LogP contribution in [0.25, 0.3) is 0 Å². The van der Waals surface area contributed by atoms with Crippen molar-refractivity contribution in [2.24, 2.45) is 5.92 Å². The standard InChI is InChI=1S/C16H21FN2O2/c1-11(9-12-3-5-14(17)6-4-12)18-16(21)13-7-8-19(2)15(20)10-13/h3-6,11,13H,7-10H2,1-2H3,(H,18,21)/t11-,13+/m0/s1. The number of benzene rings is 1. The molecule has 4 nitrogen and oxygen atoms in total. The Bertz CT molecular complexity index is 516. The molecule has 21 heavy (non-hydrogen) atoms. The first kappa shape index (κ1) is 15.5. The van der Waals surface area contributed by atoms with Gasteiger partial charge in [-0.1, -0.05) is 12.1 Å². The van der Waals surface area contributed by atoms with Crippen LogP contribution in [0, 0.1) is 11.7 Å². The van der Waals surface area contributed by atoms with Crippen LogP contribution in [0.3, 0.4) is 0 Å². The minimum atomic E-state index is -0.264. The predicted octanol–water partition coefficient (Wildman–Crippen LogP) is 1.74. The summed E-state index contributed by atoms with van der Waals surface area (Å²) in [6.45, 7) is 2.54. The molecule has 1 aromatic carbocycles. The number of carbonyl (C=O) groups is 2. The lowest BCUT2D eigenvalue weighted by Crippen LogP contribution is -2.44. The Morgan fingerprint density at radius 2 is 2.10 bits per heavy atom. The molecule has 114 valence electrons. The number of amides is 2. The fourth-order valence-corrected chi connectivity index (χ4v) is 2.55. The van der Waals surface area contributed by atoms with Gasteiger partial charge in [0.1, 0.15) is 5.82 Å². The van der Waals surface area contributed by atoms with Gasteiger partial charge < -0.3 is 10.2 Å².